The lowest BCUT2D eigenvalue weighted by Crippen LogP contribution is -2.30. The van der Waals surface area contributed by atoms with Crippen LogP contribution in [0.4, 0.5) is 0 Å². The van der Waals surface area contributed by atoms with Crippen LogP contribution in [-0.2, 0) is 5.41 Å². The van der Waals surface area contributed by atoms with Gasteiger partial charge >= 0.3 is 0 Å². The maximum Gasteiger partial charge on any atom is 0.115 e. The number of benzene rings is 1. The van der Waals surface area contributed by atoms with E-state index in [-0.39, 0.29) is 17.8 Å². The lowest BCUT2D eigenvalue weighted by Gasteiger charge is -2.32. The normalized spacial score (nSPS) is 29.8. The SMILES string of the molecule is C=CCN1CC2(c3cccc(O)c3)CCCC1C2.Cl. The molecule has 3 rings (SSSR count). The van der Waals surface area contributed by atoms with Gasteiger partial charge < -0.3 is 5.11 Å². The molecule has 1 aromatic carbocycles. The lowest BCUT2D eigenvalue weighted by molar-refractivity contribution is 0.269. The Morgan fingerprint density at radius 2 is 2.32 bits per heavy atom. The van der Waals surface area contributed by atoms with Crippen LogP contribution in [0, 0.1) is 0 Å². The Morgan fingerprint density at radius 3 is 3.05 bits per heavy atom. The number of aromatic hydroxyl groups is 1. The summed E-state index contributed by atoms with van der Waals surface area (Å²) in [7, 11) is 0. The lowest BCUT2D eigenvalue weighted by atomic mass is 9.71. The van der Waals surface area contributed by atoms with Crippen molar-refractivity contribution in [3.8, 4) is 5.75 Å². The maximum absolute atomic E-state index is 9.71. The van der Waals surface area contributed by atoms with Crippen LogP contribution in [0.3, 0.4) is 0 Å². The number of hydrogen-bond donors (Lipinski definition) is 1. The first-order valence-corrected chi connectivity index (χ1v) is 6.88. The van der Waals surface area contributed by atoms with Crippen LogP contribution >= 0.6 is 12.4 Å². The van der Waals surface area contributed by atoms with Crippen molar-refractivity contribution in [2.24, 2.45) is 0 Å². The summed E-state index contributed by atoms with van der Waals surface area (Å²) in [6, 6.07) is 8.58. The summed E-state index contributed by atoms with van der Waals surface area (Å²) in [5.74, 6) is 0.395. The highest BCUT2D eigenvalue weighted by molar-refractivity contribution is 5.85. The average molecular weight is 280 g/mol. The quantitative estimate of drug-likeness (QED) is 0.856. The molecule has 2 nitrogen and oxygen atoms in total. The number of hydrogen-bond acceptors (Lipinski definition) is 2. The van der Waals surface area contributed by atoms with Crippen molar-refractivity contribution >= 4 is 12.4 Å². The molecule has 0 radical (unpaired) electrons. The molecule has 2 unspecified atom stereocenters. The van der Waals surface area contributed by atoms with E-state index in [1.54, 1.807) is 6.07 Å². The fourth-order valence-electron chi connectivity index (χ4n) is 3.87. The summed E-state index contributed by atoms with van der Waals surface area (Å²) in [4.78, 5) is 2.56. The van der Waals surface area contributed by atoms with Gasteiger partial charge in [0, 0.05) is 24.5 Å². The summed E-state index contributed by atoms with van der Waals surface area (Å²) in [6.07, 6.45) is 7.12. The molecule has 3 heteroatoms. The van der Waals surface area contributed by atoms with Gasteiger partial charge in [-0.1, -0.05) is 24.6 Å². The molecule has 1 aliphatic carbocycles. The van der Waals surface area contributed by atoms with E-state index in [0.29, 0.717) is 11.8 Å². The molecule has 1 aromatic rings. The van der Waals surface area contributed by atoms with Crippen LogP contribution in [0.15, 0.2) is 36.9 Å². The molecule has 2 fully saturated rings. The number of halogens is 1. The predicted octanol–water partition coefficient (Wildman–Crippen LogP) is 3.50. The second-order valence-corrected chi connectivity index (χ2v) is 5.80. The van der Waals surface area contributed by atoms with Gasteiger partial charge in [0.25, 0.3) is 0 Å². The summed E-state index contributed by atoms with van der Waals surface area (Å²) >= 11 is 0. The Morgan fingerprint density at radius 1 is 1.47 bits per heavy atom. The number of phenolic OH excluding ortho intramolecular Hbond substituents is 1. The summed E-state index contributed by atoms with van der Waals surface area (Å²) in [6.45, 7) is 5.98. The van der Waals surface area contributed by atoms with Crippen molar-refractivity contribution in [2.45, 2.75) is 37.1 Å². The molecular weight excluding hydrogens is 258 g/mol. The summed E-state index contributed by atoms with van der Waals surface area (Å²) in [5.41, 5.74) is 1.59. The van der Waals surface area contributed by atoms with Crippen molar-refractivity contribution in [3.63, 3.8) is 0 Å². The van der Waals surface area contributed by atoms with Gasteiger partial charge in [-0.2, -0.15) is 0 Å². The third-order valence-corrected chi connectivity index (χ3v) is 4.66. The molecule has 1 saturated carbocycles. The van der Waals surface area contributed by atoms with Gasteiger partial charge in [-0.3, -0.25) is 4.90 Å². The fraction of sp³-hybridized carbons (Fsp3) is 0.500. The Bertz CT molecular complexity index is 462. The van der Waals surface area contributed by atoms with Crippen LogP contribution in [0.2, 0.25) is 0 Å². The maximum atomic E-state index is 9.71. The average Bonchev–Trinajstić information content (AvgIpc) is 2.62. The fourth-order valence-corrected chi connectivity index (χ4v) is 3.87. The largest absolute Gasteiger partial charge is 0.508 e. The third-order valence-electron chi connectivity index (χ3n) is 4.66. The highest BCUT2D eigenvalue weighted by Crippen LogP contribution is 2.47. The van der Waals surface area contributed by atoms with Gasteiger partial charge in [-0.05, 0) is 37.0 Å². The van der Waals surface area contributed by atoms with Crippen molar-refractivity contribution < 1.29 is 5.11 Å². The minimum atomic E-state index is 0. The molecule has 2 aliphatic rings. The molecule has 0 aromatic heterocycles. The molecule has 104 valence electrons. The van der Waals surface area contributed by atoms with Crippen molar-refractivity contribution in [1.82, 2.24) is 4.90 Å². The van der Waals surface area contributed by atoms with Gasteiger partial charge in [-0.25, -0.2) is 0 Å². The monoisotopic (exact) mass is 279 g/mol. The molecule has 1 heterocycles. The first-order chi connectivity index (χ1) is 8.73. The van der Waals surface area contributed by atoms with Gasteiger partial charge in [0.15, 0.2) is 0 Å². The highest BCUT2D eigenvalue weighted by Gasteiger charge is 2.46. The van der Waals surface area contributed by atoms with Gasteiger partial charge in [0.2, 0.25) is 0 Å². The Kier molecular flexibility index (Phi) is 4.22. The van der Waals surface area contributed by atoms with E-state index < -0.39 is 0 Å². The van der Waals surface area contributed by atoms with Gasteiger partial charge in [0.05, 0.1) is 0 Å². The first kappa shape index (κ1) is 14.4. The van der Waals surface area contributed by atoms with E-state index in [1.165, 1.54) is 31.2 Å². The van der Waals surface area contributed by atoms with Crippen LogP contribution in [0.25, 0.3) is 0 Å². The zero-order valence-electron chi connectivity index (χ0n) is 11.2. The molecule has 1 N–H and O–H groups in total. The molecule has 0 spiro atoms. The smallest absolute Gasteiger partial charge is 0.115 e. The minimum absolute atomic E-state index is 0. The number of likely N-dealkylation sites (tertiary alicyclic amines) is 1. The summed E-state index contributed by atoms with van der Waals surface area (Å²) in [5, 5.41) is 9.71. The predicted molar refractivity (Wildman–Crippen MR) is 81.1 cm³/mol. The highest BCUT2D eigenvalue weighted by atomic mass is 35.5. The molecule has 2 atom stereocenters. The molecular formula is C16H22ClNO. The van der Waals surface area contributed by atoms with Gasteiger partial charge in [-0.15, -0.1) is 19.0 Å². The number of nitrogens with zero attached hydrogens (tertiary/aromatic N) is 1. The molecule has 0 amide bonds. The molecule has 1 aliphatic heterocycles. The Labute approximate surface area is 121 Å². The topological polar surface area (TPSA) is 23.5 Å². The minimum Gasteiger partial charge on any atom is -0.508 e. The Balaban J connectivity index is 0.00000133. The van der Waals surface area contributed by atoms with E-state index in [9.17, 15) is 5.11 Å². The van der Waals surface area contributed by atoms with E-state index in [2.05, 4.69) is 17.5 Å². The zero-order valence-corrected chi connectivity index (χ0v) is 12.0. The van der Waals surface area contributed by atoms with Crippen molar-refractivity contribution in [2.75, 3.05) is 13.1 Å². The number of rotatable bonds is 3. The molecule has 19 heavy (non-hydrogen) atoms. The van der Waals surface area contributed by atoms with E-state index in [0.717, 1.165) is 13.1 Å². The van der Waals surface area contributed by atoms with Gasteiger partial charge in [0.1, 0.15) is 5.75 Å². The van der Waals surface area contributed by atoms with Crippen molar-refractivity contribution in [3.05, 3.63) is 42.5 Å². The standard InChI is InChI=1S/C16H21NO.ClH/c1-2-9-17-12-16(8-4-6-14(17)11-16)13-5-3-7-15(18)10-13;/h2-3,5,7,10,14,18H,1,4,6,8-9,11-12H2;1H. The van der Waals surface area contributed by atoms with Crippen molar-refractivity contribution in [1.29, 1.82) is 0 Å². The number of phenols is 1. The first-order valence-electron chi connectivity index (χ1n) is 6.88. The second-order valence-electron chi connectivity index (χ2n) is 5.80. The van der Waals surface area contributed by atoms with E-state index >= 15 is 0 Å². The molecule has 1 saturated heterocycles. The second kappa shape index (κ2) is 5.56. The van der Waals surface area contributed by atoms with E-state index in [4.69, 9.17) is 0 Å². The molecule has 2 bridgehead atoms. The Hall–Kier alpha value is -0.990. The van der Waals surface area contributed by atoms with Crippen LogP contribution in [0.5, 0.6) is 5.75 Å². The van der Waals surface area contributed by atoms with Crippen LogP contribution in [0.1, 0.15) is 31.2 Å². The van der Waals surface area contributed by atoms with E-state index in [1.807, 2.05) is 18.2 Å². The van der Waals surface area contributed by atoms with Crippen LogP contribution in [-0.4, -0.2) is 29.1 Å². The summed E-state index contributed by atoms with van der Waals surface area (Å²) < 4.78 is 0. The number of fused-ring (bicyclic) bond motifs is 2. The third kappa shape index (κ3) is 2.52. The zero-order chi connectivity index (χ0) is 12.6. The van der Waals surface area contributed by atoms with Crippen LogP contribution < -0.4 is 0 Å².